The highest BCUT2D eigenvalue weighted by Gasteiger charge is 2.39. The van der Waals surface area contributed by atoms with E-state index in [2.05, 4.69) is 17.0 Å². The second-order valence-corrected chi connectivity index (χ2v) is 8.12. The first kappa shape index (κ1) is 24.8. The van der Waals surface area contributed by atoms with Crippen LogP contribution in [0, 0.1) is 5.92 Å². The van der Waals surface area contributed by atoms with Gasteiger partial charge in [-0.1, -0.05) is 30.3 Å². The van der Waals surface area contributed by atoms with Gasteiger partial charge in [0, 0.05) is 50.6 Å². The van der Waals surface area contributed by atoms with Gasteiger partial charge in [0.2, 0.25) is 5.91 Å². The minimum Gasteiger partial charge on any atom is -0.475 e. The second-order valence-electron chi connectivity index (χ2n) is 8.12. The lowest BCUT2D eigenvalue weighted by atomic mass is 10.1. The average Bonchev–Trinajstić information content (AvgIpc) is 3.39. The van der Waals surface area contributed by atoms with E-state index in [9.17, 15) is 18.0 Å². The molecule has 1 aromatic carbocycles. The van der Waals surface area contributed by atoms with Gasteiger partial charge in [-0.3, -0.25) is 9.69 Å². The Hall–Kier alpha value is -2.85. The maximum Gasteiger partial charge on any atom is 0.490 e. The van der Waals surface area contributed by atoms with Crippen LogP contribution >= 0.6 is 0 Å². The predicted molar refractivity (Wildman–Crippen MR) is 112 cm³/mol. The van der Waals surface area contributed by atoms with E-state index in [1.54, 1.807) is 12.5 Å². The van der Waals surface area contributed by atoms with Crippen molar-refractivity contribution in [2.45, 2.75) is 31.7 Å². The number of rotatable bonds is 5. The van der Waals surface area contributed by atoms with Gasteiger partial charge in [-0.15, -0.1) is 0 Å². The Labute approximate surface area is 189 Å². The summed E-state index contributed by atoms with van der Waals surface area (Å²) in [5, 5.41) is 7.12. The van der Waals surface area contributed by atoms with Crippen LogP contribution in [0.25, 0.3) is 0 Å². The molecule has 7 nitrogen and oxygen atoms in total. The number of fused-ring (bicyclic) bond motifs is 1. The molecule has 0 unspecified atom stereocenters. The summed E-state index contributed by atoms with van der Waals surface area (Å²) in [6, 6.07) is 12.2. The standard InChI is InChI=1S/C21H26N2O3.C2HF3O2/c24-21(7-6-17-4-2-1-3-5-17)23-14-19-13-22(9-11-26-20(19)15-23)12-18-8-10-25-16-18;3-2(4,5)1(6)7/h1-5,8,10,16,19-20H,6-7,9,11-15H2;(H,6,7)/t19-,20+;/m0./s1. The molecule has 0 radical (unpaired) electrons. The van der Waals surface area contributed by atoms with Crippen LogP contribution in [0.1, 0.15) is 17.5 Å². The van der Waals surface area contributed by atoms with Crippen LogP contribution in [-0.2, 0) is 27.3 Å². The number of carbonyl (C=O) groups is 2. The Morgan fingerprint density at radius 3 is 2.42 bits per heavy atom. The van der Waals surface area contributed by atoms with Gasteiger partial charge in [0.15, 0.2) is 0 Å². The highest BCUT2D eigenvalue weighted by atomic mass is 19.4. The summed E-state index contributed by atoms with van der Waals surface area (Å²) in [7, 11) is 0. The van der Waals surface area contributed by atoms with Gasteiger partial charge < -0.3 is 19.2 Å². The summed E-state index contributed by atoms with van der Waals surface area (Å²) < 4.78 is 43.0. The fourth-order valence-electron chi connectivity index (χ4n) is 4.00. The molecule has 180 valence electrons. The Morgan fingerprint density at radius 1 is 1.06 bits per heavy atom. The predicted octanol–water partition coefficient (Wildman–Crippen LogP) is 3.20. The minimum absolute atomic E-state index is 0.171. The van der Waals surface area contributed by atoms with Crippen molar-refractivity contribution in [3.05, 3.63) is 60.1 Å². The maximum atomic E-state index is 12.6. The van der Waals surface area contributed by atoms with Gasteiger partial charge in [-0.25, -0.2) is 4.79 Å². The molecule has 0 spiro atoms. The zero-order valence-corrected chi connectivity index (χ0v) is 18.0. The summed E-state index contributed by atoms with van der Waals surface area (Å²) in [6.07, 6.45) is -0.0156. The van der Waals surface area contributed by atoms with Gasteiger partial charge >= 0.3 is 12.1 Å². The number of benzene rings is 1. The molecule has 2 saturated heterocycles. The van der Waals surface area contributed by atoms with E-state index < -0.39 is 12.1 Å². The molecule has 1 N–H and O–H groups in total. The third kappa shape index (κ3) is 7.61. The first-order valence-corrected chi connectivity index (χ1v) is 10.7. The maximum absolute atomic E-state index is 12.6. The van der Waals surface area contributed by atoms with Gasteiger partial charge in [-0.05, 0) is 18.1 Å². The Bertz CT molecular complexity index is 889. The molecule has 0 aliphatic carbocycles. The van der Waals surface area contributed by atoms with E-state index in [4.69, 9.17) is 19.1 Å². The molecule has 1 amide bonds. The van der Waals surface area contributed by atoms with Crippen LogP contribution < -0.4 is 0 Å². The van der Waals surface area contributed by atoms with E-state index in [0.29, 0.717) is 12.3 Å². The Morgan fingerprint density at radius 2 is 1.79 bits per heavy atom. The average molecular weight is 468 g/mol. The number of carboxylic acids is 1. The van der Waals surface area contributed by atoms with Gasteiger partial charge in [0.25, 0.3) is 0 Å². The first-order valence-electron chi connectivity index (χ1n) is 10.7. The van der Waals surface area contributed by atoms with Crippen molar-refractivity contribution < 1.29 is 37.0 Å². The van der Waals surface area contributed by atoms with Crippen molar-refractivity contribution in [2.24, 2.45) is 5.92 Å². The largest absolute Gasteiger partial charge is 0.490 e. The third-order valence-corrected chi connectivity index (χ3v) is 5.67. The molecule has 2 fully saturated rings. The van der Waals surface area contributed by atoms with Crippen molar-refractivity contribution in [1.29, 1.82) is 0 Å². The number of nitrogens with zero attached hydrogens (tertiary/aromatic N) is 2. The quantitative estimate of drug-likeness (QED) is 0.726. The lowest BCUT2D eigenvalue weighted by Gasteiger charge is -2.22. The van der Waals surface area contributed by atoms with Crippen LogP contribution in [0.2, 0.25) is 0 Å². The van der Waals surface area contributed by atoms with Crippen LogP contribution in [0.3, 0.4) is 0 Å². The van der Waals surface area contributed by atoms with E-state index >= 15 is 0 Å². The zero-order valence-electron chi connectivity index (χ0n) is 18.0. The van der Waals surface area contributed by atoms with E-state index in [1.807, 2.05) is 29.2 Å². The molecular weight excluding hydrogens is 441 g/mol. The Balaban J connectivity index is 0.000000383. The number of ether oxygens (including phenoxy) is 1. The summed E-state index contributed by atoms with van der Waals surface area (Å²) in [6.45, 7) is 5.05. The number of aryl methyl sites for hydroxylation is 1. The molecule has 2 aliphatic heterocycles. The van der Waals surface area contributed by atoms with Crippen LogP contribution in [0.4, 0.5) is 13.2 Å². The molecule has 0 saturated carbocycles. The molecule has 2 atom stereocenters. The molecule has 2 aliphatic rings. The van der Waals surface area contributed by atoms with Crippen LogP contribution in [0.5, 0.6) is 0 Å². The summed E-state index contributed by atoms with van der Waals surface area (Å²) in [4.78, 5) is 25.9. The lowest BCUT2D eigenvalue weighted by Crippen LogP contribution is -2.33. The van der Waals surface area contributed by atoms with Crippen molar-refractivity contribution in [1.82, 2.24) is 9.80 Å². The molecule has 1 aromatic heterocycles. The number of likely N-dealkylation sites (tertiary alicyclic amines) is 1. The van der Waals surface area contributed by atoms with Crippen LogP contribution in [-0.4, -0.2) is 71.8 Å². The second kappa shape index (κ2) is 11.3. The number of carboxylic acid groups (broad SMARTS) is 1. The van der Waals surface area contributed by atoms with E-state index in [-0.39, 0.29) is 12.0 Å². The molecular formula is C23H27F3N2O5. The molecule has 4 rings (SSSR count). The zero-order chi connectivity index (χ0) is 23.8. The number of amides is 1. The van der Waals surface area contributed by atoms with E-state index in [1.165, 1.54) is 11.1 Å². The van der Waals surface area contributed by atoms with Crippen molar-refractivity contribution in [2.75, 3.05) is 32.8 Å². The topological polar surface area (TPSA) is 83.2 Å². The van der Waals surface area contributed by atoms with Gasteiger partial charge in [0.1, 0.15) is 0 Å². The fraction of sp³-hybridized carbons (Fsp3) is 0.478. The number of carbonyl (C=O) groups excluding carboxylic acids is 1. The summed E-state index contributed by atoms with van der Waals surface area (Å²) in [5.41, 5.74) is 2.41. The number of hydrogen-bond donors (Lipinski definition) is 1. The normalized spacial score (nSPS) is 21.0. The third-order valence-electron chi connectivity index (χ3n) is 5.67. The minimum atomic E-state index is -5.08. The highest BCUT2D eigenvalue weighted by Crippen LogP contribution is 2.25. The smallest absolute Gasteiger partial charge is 0.475 e. The van der Waals surface area contributed by atoms with Crippen molar-refractivity contribution in [3.8, 4) is 0 Å². The SMILES string of the molecule is O=C(CCc1ccccc1)N1C[C@@H]2CN(Cc3ccoc3)CCO[C@@H]2C1.O=C(O)C(F)(F)F. The lowest BCUT2D eigenvalue weighted by molar-refractivity contribution is -0.192. The molecule has 10 heteroatoms. The molecule has 3 heterocycles. The number of alkyl halides is 3. The number of aliphatic carboxylic acids is 1. The van der Waals surface area contributed by atoms with Crippen LogP contribution in [0.15, 0.2) is 53.3 Å². The monoisotopic (exact) mass is 468 g/mol. The van der Waals surface area contributed by atoms with E-state index in [0.717, 1.165) is 45.8 Å². The molecule has 0 bridgehead atoms. The molecule has 33 heavy (non-hydrogen) atoms. The number of furan rings is 1. The summed E-state index contributed by atoms with van der Waals surface area (Å²) >= 11 is 0. The highest BCUT2D eigenvalue weighted by molar-refractivity contribution is 5.77. The summed E-state index contributed by atoms with van der Waals surface area (Å²) in [5.74, 6) is -2.12. The first-order chi connectivity index (χ1) is 15.7. The number of hydrogen-bond acceptors (Lipinski definition) is 5. The van der Waals surface area contributed by atoms with Crippen molar-refractivity contribution in [3.63, 3.8) is 0 Å². The van der Waals surface area contributed by atoms with Gasteiger partial charge in [-0.2, -0.15) is 13.2 Å². The van der Waals surface area contributed by atoms with Gasteiger partial charge in [0.05, 0.1) is 25.2 Å². The molecule has 2 aromatic rings. The number of halogens is 3. The van der Waals surface area contributed by atoms with Crippen molar-refractivity contribution >= 4 is 11.9 Å². The fourth-order valence-corrected chi connectivity index (χ4v) is 4.00. The Kier molecular flexibility index (Phi) is 8.51.